The Balaban J connectivity index is 2.66. The Hall–Kier alpha value is -0.640. The third kappa shape index (κ3) is 4.08. The molecule has 0 unspecified atom stereocenters. The molecule has 1 rings (SSSR count). The fraction of sp³-hybridized carbons (Fsp3) is 0.429. The predicted octanol–water partition coefficient (Wildman–Crippen LogP) is 1.47. The van der Waals surface area contributed by atoms with Gasteiger partial charge >= 0.3 is 6.18 Å². The largest absolute Gasteiger partial charge is 0.411 e. The van der Waals surface area contributed by atoms with Gasteiger partial charge in [-0.25, -0.2) is 13.6 Å². The molecule has 92 valence electrons. The monoisotopic (exact) mass is 275 g/mol. The number of halogens is 3. The van der Waals surface area contributed by atoms with Gasteiger partial charge in [-0.15, -0.1) is 11.3 Å². The quantitative estimate of drug-likeness (QED) is 0.904. The van der Waals surface area contributed by atoms with Crippen LogP contribution >= 0.6 is 11.3 Å². The van der Waals surface area contributed by atoms with Gasteiger partial charge in [0.1, 0.15) is 10.8 Å². The third-order valence-electron chi connectivity index (χ3n) is 1.49. The molecule has 4 nitrogen and oxygen atoms in total. The first-order valence-electron chi connectivity index (χ1n) is 3.94. The van der Waals surface area contributed by atoms with Crippen LogP contribution in [-0.2, 0) is 21.4 Å². The lowest BCUT2D eigenvalue weighted by atomic mass is 10.4. The highest BCUT2D eigenvalue weighted by molar-refractivity contribution is 7.91. The number of primary sulfonamides is 1. The van der Waals surface area contributed by atoms with Crippen molar-refractivity contribution in [3.63, 3.8) is 0 Å². The zero-order valence-electron chi connectivity index (χ0n) is 7.82. The van der Waals surface area contributed by atoms with Gasteiger partial charge in [0.15, 0.2) is 0 Å². The van der Waals surface area contributed by atoms with Crippen molar-refractivity contribution < 1.29 is 26.3 Å². The average molecular weight is 275 g/mol. The predicted molar refractivity (Wildman–Crippen MR) is 51.4 cm³/mol. The highest BCUT2D eigenvalue weighted by Crippen LogP contribution is 2.23. The Bertz CT molecular complexity index is 452. The Kier molecular flexibility index (Phi) is 3.94. The van der Waals surface area contributed by atoms with E-state index < -0.39 is 29.4 Å². The first-order chi connectivity index (χ1) is 7.20. The van der Waals surface area contributed by atoms with Crippen molar-refractivity contribution in [1.82, 2.24) is 0 Å². The molecule has 0 fully saturated rings. The molecule has 0 spiro atoms. The van der Waals surface area contributed by atoms with Gasteiger partial charge in [-0.05, 0) is 11.4 Å². The second-order valence-electron chi connectivity index (χ2n) is 2.89. The molecule has 2 N–H and O–H groups in total. The highest BCUT2D eigenvalue weighted by atomic mass is 32.2. The second-order valence-corrected chi connectivity index (χ2v) is 5.56. The standard InChI is InChI=1S/C7H8F3NO3S2/c8-7(9,10)4-14-3-5-1-2-15-6(5)16(11,12)13/h1-2H,3-4H2,(H2,11,12,13). The number of sulfonamides is 1. The molecule has 1 heterocycles. The summed E-state index contributed by atoms with van der Waals surface area (Å²) in [6.45, 7) is -1.86. The van der Waals surface area contributed by atoms with E-state index in [4.69, 9.17) is 5.14 Å². The van der Waals surface area contributed by atoms with Crippen LogP contribution in [0.5, 0.6) is 0 Å². The molecule has 0 radical (unpaired) electrons. The van der Waals surface area contributed by atoms with Crippen molar-refractivity contribution in [3.8, 4) is 0 Å². The molecule has 0 aliphatic heterocycles. The molecule has 1 aromatic rings. The number of nitrogens with two attached hydrogens (primary N) is 1. The van der Waals surface area contributed by atoms with Crippen LogP contribution in [0.1, 0.15) is 5.56 Å². The molecule has 0 aliphatic carbocycles. The molecule has 9 heteroatoms. The van der Waals surface area contributed by atoms with Crippen molar-refractivity contribution in [2.24, 2.45) is 5.14 Å². The van der Waals surface area contributed by atoms with E-state index >= 15 is 0 Å². The van der Waals surface area contributed by atoms with Crippen LogP contribution in [0.4, 0.5) is 13.2 Å². The van der Waals surface area contributed by atoms with Gasteiger partial charge in [-0.1, -0.05) is 0 Å². The normalized spacial score (nSPS) is 13.0. The van der Waals surface area contributed by atoms with Crippen molar-refractivity contribution in [3.05, 3.63) is 17.0 Å². The van der Waals surface area contributed by atoms with E-state index in [1.54, 1.807) is 0 Å². The van der Waals surface area contributed by atoms with Crippen LogP contribution in [-0.4, -0.2) is 21.2 Å². The molecule has 1 aromatic heterocycles. The summed E-state index contributed by atoms with van der Waals surface area (Å²) >= 11 is 0.840. The topological polar surface area (TPSA) is 69.4 Å². The second kappa shape index (κ2) is 4.70. The summed E-state index contributed by atoms with van der Waals surface area (Å²) in [5.41, 5.74) is 0.136. The van der Waals surface area contributed by atoms with Crippen LogP contribution in [0.15, 0.2) is 15.7 Å². The van der Waals surface area contributed by atoms with E-state index in [1.165, 1.54) is 11.4 Å². The number of hydrogen-bond donors (Lipinski definition) is 1. The Morgan fingerprint density at radius 3 is 2.56 bits per heavy atom. The van der Waals surface area contributed by atoms with Crippen molar-refractivity contribution in [1.29, 1.82) is 0 Å². The molecule has 16 heavy (non-hydrogen) atoms. The maximum absolute atomic E-state index is 11.8. The Labute approximate surface area is 93.9 Å². The third-order valence-corrected chi connectivity index (χ3v) is 4.00. The Morgan fingerprint density at radius 1 is 1.44 bits per heavy atom. The van der Waals surface area contributed by atoms with Crippen molar-refractivity contribution in [2.45, 2.75) is 17.0 Å². The minimum atomic E-state index is -4.43. The molecular formula is C7H8F3NO3S2. The van der Waals surface area contributed by atoms with E-state index in [2.05, 4.69) is 4.74 Å². The summed E-state index contributed by atoms with van der Waals surface area (Å²) in [6.07, 6.45) is -4.43. The van der Waals surface area contributed by atoms with Crippen LogP contribution in [0, 0.1) is 0 Å². The lowest BCUT2D eigenvalue weighted by molar-refractivity contribution is -0.176. The van der Waals surface area contributed by atoms with Gasteiger partial charge in [0, 0.05) is 5.56 Å². The Morgan fingerprint density at radius 2 is 2.06 bits per heavy atom. The summed E-state index contributed by atoms with van der Waals surface area (Å²) in [5, 5.41) is 6.29. The van der Waals surface area contributed by atoms with Crippen molar-refractivity contribution >= 4 is 21.4 Å². The lowest BCUT2D eigenvalue weighted by Crippen LogP contribution is -2.17. The van der Waals surface area contributed by atoms with Crippen LogP contribution < -0.4 is 5.14 Å². The number of rotatable bonds is 4. The average Bonchev–Trinajstić information content (AvgIpc) is 2.48. The molecule has 0 aliphatic rings. The molecule has 0 aromatic carbocycles. The maximum atomic E-state index is 11.8. The smallest absolute Gasteiger partial charge is 0.367 e. The maximum Gasteiger partial charge on any atom is 0.411 e. The lowest BCUT2D eigenvalue weighted by Gasteiger charge is -2.07. The molecule has 0 saturated carbocycles. The minimum Gasteiger partial charge on any atom is -0.367 e. The number of alkyl halides is 3. The minimum absolute atomic E-state index is 0.136. The van der Waals surface area contributed by atoms with Crippen molar-refractivity contribution in [2.75, 3.05) is 6.61 Å². The van der Waals surface area contributed by atoms with E-state index in [0.29, 0.717) is 0 Å². The number of ether oxygens (including phenoxy) is 1. The summed E-state index contributed by atoms with van der Waals surface area (Å²) in [5.74, 6) is 0. The van der Waals surface area contributed by atoms with E-state index in [9.17, 15) is 21.6 Å². The molecular weight excluding hydrogens is 267 g/mol. The number of thiophene rings is 1. The fourth-order valence-corrected chi connectivity index (χ4v) is 2.79. The van der Waals surface area contributed by atoms with Gasteiger partial charge in [0.05, 0.1) is 6.61 Å². The highest BCUT2D eigenvalue weighted by Gasteiger charge is 2.27. The zero-order chi connectivity index (χ0) is 12.4. The molecule has 0 atom stereocenters. The first-order valence-corrected chi connectivity index (χ1v) is 6.36. The van der Waals surface area contributed by atoms with Gasteiger partial charge < -0.3 is 4.74 Å². The van der Waals surface area contributed by atoms with Gasteiger partial charge in [-0.3, -0.25) is 0 Å². The van der Waals surface area contributed by atoms with Crippen LogP contribution in [0.3, 0.4) is 0 Å². The molecule has 0 saturated heterocycles. The summed E-state index contributed by atoms with van der Waals surface area (Å²) in [6, 6.07) is 1.36. The zero-order valence-corrected chi connectivity index (χ0v) is 9.45. The van der Waals surface area contributed by atoms with Gasteiger partial charge in [0.2, 0.25) is 10.0 Å². The number of hydrogen-bond acceptors (Lipinski definition) is 4. The van der Waals surface area contributed by atoms with Gasteiger partial charge in [0.25, 0.3) is 0 Å². The van der Waals surface area contributed by atoms with Crippen LogP contribution in [0.2, 0.25) is 0 Å². The molecule has 0 bridgehead atoms. The first kappa shape index (κ1) is 13.4. The van der Waals surface area contributed by atoms with E-state index in [-0.39, 0.29) is 9.77 Å². The van der Waals surface area contributed by atoms with Crippen LogP contribution in [0.25, 0.3) is 0 Å². The fourth-order valence-electron chi connectivity index (χ4n) is 0.955. The summed E-state index contributed by atoms with van der Waals surface area (Å²) < 4.78 is 61.4. The molecule has 0 amide bonds. The summed E-state index contributed by atoms with van der Waals surface area (Å²) in [4.78, 5) is 0. The van der Waals surface area contributed by atoms with E-state index in [1.807, 2.05) is 0 Å². The van der Waals surface area contributed by atoms with Gasteiger partial charge in [-0.2, -0.15) is 13.2 Å². The SMILES string of the molecule is NS(=O)(=O)c1sccc1COCC(F)(F)F. The summed E-state index contributed by atoms with van der Waals surface area (Å²) in [7, 11) is -3.90. The van der Waals surface area contributed by atoms with E-state index in [0.717, 1.165) is 11.3 Å².